The van der Waals surface area contributed by atoms with E-state index < -0.39 is 0 Å². The van der Waals surface area contributed by atoms with Gasteiger partial charge in [-0.1, -0.05) is 56.3 Å². The van der Waals surface area contributed by atoms with Crippen molar-refractivity contribution in [3.05, 3.63) is 54.6 Å². The van der Waals surface area contributed by atoms with Gasteiger partial charge in [0.1, 0.15) is 11.3 Å². The Labute approximate surface area is 179 Å². The minimum Gasteiger partial charge on any atom is -0.473 e. The molecule has 0 fully saturated rings. The fourth-order valence-electron chi connectivity index (χ4n) is 2.49. The summed E-state index contributed by atoms with van der Waals surface area (Å²) in [4.78, 5) is 20.3. The molecule has 0 aliphatic heterocycles. The molecule has 0 aliphatic carbocycles. The van der Waals surface area contributed by atoms with Gasteiger partial charge in [0.25, 0.3) is 0 Å². The van der Waals surface area contributed by atoms with Crippen molar-refractivity contribution in [2.45, 2.75) is 60.2 Å². The van der Waals surface area contributed by atoms with Crippen molar-refractivity contribution >= 4 is 17.0 Å². The molecule has 0 radical (unpaired) electrons. The summed E-state index contributed by atoms with van der Waals surface area (Å²) in [6.07, 6.45) is 0.0629. The third-order valence-electron chi connectivity index (χ3n) is 3.81. The first kappa shape index (κ1) is 23.3. The van der Waals surface area contributed by atoms with E-state index >= 15 is 0 Å². The smallest absolute Gasteiger partial charge is 0.308 e. The summed E-state index contributed by atoms with van der Waals surface area (Å²) in [6.45, 7) is 13.2. The van der Waals surface area contributed by atoms with Gasteiger partial charge in [0.05, 0.1) is 23.1 Å². The van der Waals surface area contributed by atoms with E-state index in [0.717, 1.165) is 22.3 Å². The Bertz CT molecular complexity index is 961. The number of hydrogen-bond donors (Lipinski definition) is 0. The van der Waals surface area contributed by atoms with Crippen molar-refractivity contribution in [1.82, 2.24) is 9.97 Å². The lowest BCUT2D eigenvalue weighted by Gasteiger charge is -2.20. The highest BCUT2D eigenvalue weighted by Gasteiger charge is 2.18. The molecule has 0 saturated heterocycles. The second-order valence-electron chi connectivity index (χ2n) is 8.59. The first-order valence-electron chi connectivity index (χ1n) is 10.3. The Hall–Kier alpha value is -2.95. The van der Waals surface area contributed by atoms with Gasteiger partial charge >= 0.3 is 5.97 Å². The first-order chi connectivity index (χ1) is 14.1. The maximum atomic E-state index is 10.9. The summed E-state index contributed by atoms with van der Waals surface area (Å²) in [5, 5.41) is 0. The van der Waals surface area contributed by atoms with Gasteiger partial charge in [0, 0.05) is 5.56 Å². The maximum Gasteiger partial charge on any atom is 0.308 e. The molecule has 0 saturated carbocycles. The van der Waals surface area contributed by atoms with Crippen molar-refractivity contribution < 1.29 is 14.3 Å². The van der Waals surface area contributed by atoms with Crippen LogP contribution in [0.2, 0.25) is 0 Å². The molecule has 5 nitrogen and oxygen atoms in total. The van der Waals surface area contributed by atoms with E-state index in [1.165, 1.54) is 0 Å². The van der Waals surface area contributed by atoms with Crippen LogP contribution in [0.3, 0.4) is 0 Å². The molecule has 0 bridgehead atoms. The van der Waals surface area contributed by atoms with Crippen LogP contribution >= 0.6 is 0 Å². The van der Waals surface area contributed by atoms with Crippen LogP contribution in [0.4, 0.5) is 0 Å². The fraction of sp³-hybridized carbons (Fsp3) is 0.400. The summed E-state index contributed by atoms with van der Waals surface area (Å²) in [5.74, 6) is 0.427. The zero-order valence-electron chi connectivity index (χ0n) is 19.0. The van der Waals surface area contributed by atoms with Gasteiger partial charge in [0.2, 0.25) is 5.88 Å². The van der Waals surface area contributed by atoms with Crippen LogP contribution < -0.4 is 4.74 Å². The highest BCUT2D eigenvalue weighted by Crippen LogP contribution is 2.29. The quantitative estimate of drug-likeness (QED) is 0.490. The molecule has 3 rings (SSSR count). The van der Waals surface area contributed by atoms with Crippen LogP contribution in [0, 0.1) is 5.92 Å². The molecule has 3 aromatic rings. The Morgan fingerprint density at radius 2 is 1.37 bits per heavy atom. The molecular formula is C25H32N2O3. The summed E-state index contributed by atoms with van der Waals surface area (Å²) < 4.78 is 10.9. The van der Waals surface area contributed by atoms with Crippen molar-refractivity contribution in [3.8, 4) is 17.1 Å². The maximum absolute atomic E-state index is 10.9. The van der Waals surface area contributed by atoms with E-state index in [0.29, 0.717) is 5.88 Å². The average molecular weight is 409 g/mol. The Kier molecular flexibility index (Phi) is 7.93. The van der Waals surface area contributed by atoms with Crippen LogP contribution in [0.25, 0.3) is 22.3 Å². The van der Waals surface area contributed by atoms with Crippen LogP contribution in [0.5, 0.6) is 5.88 Å². The van der Waals surface area contributed by atoms with Gasteiger partial charge in [-0.05, 0) is 46.8 Å². The normalized spacial score (nSPS) is 11.2. The monoisotopic (exact) mass is 408 g/mol. The summed E-state index contributed by atoms with van der Waals surface area (Å²) in [5.41, 5.74) is 3.19. The van der Waals surface area contributed by atoms with E-state index in [4.69, 9.17) is 14.5 Å². The van der Waals surface area contributed by atoms with E-state index in [-0.39, 0.29) is 23.6 Å². The largest absolute Gasteiger partial charge is 0.473 e. The zero-order chi connectivity index (χ0) is 22.3. The van der Waals surface area contributed by atoms with E-state index in [9.17, 15) is 4.79 Å². The predicted molar refractivity (Wildman–Crippen MR) is 121 cm³/mol. The van der Waals surface area contributed by atoms with Crippen LogP contribution in [0.1, 0.15) is 48.5 Å². The molecule has 0 amide bonds. The molecule has 1 heterocycles. The molecule has 0 N–H and O–H groups in total. The lowest BCUT2D eigenvalue weighted by atomic mass is 10.1. The highest BCUT2D eigenvalue weighted by molar-refractivity contribution is 5.79. The second-order valence-corrected chi connectivity index (χ2v) is 8.59. The number of esters is 1. The number of ether oxygens (including phenoxy) is 2. The molecular weight excluding hydrogens is 376 g/mol. The zero-order valence-corrected chi connectivity index (χ0v) is 19.0. The van der Waals surface area contributed by atoms with Gasteiger partial charge in [0.15, 0.2) is 0 Å². The molecule has 1 aromatic heterocycles. The number of nitrogens with zero attached hydrogens (tertiary/aromatic N) is 2. The van der Waals surface area contributed by atoms with Gasteiger partial charge in [-0.15, -0.1) is 0 Å². The number of rotatable bonds is 4. The number of para-hydroxylation sites is 2. The lowest BCUT2D eigenvalue weighted by molar-refractivity contribution is -0.158. The van der Waals surface area contributed by atoms with Crippen LogP contribution in [0.15, 0.2) is 54.6 Å². The molecule has 160 valence electrons. The average Bonchev–Trinajstić information content (AvgIpc) is 2.67. The molecule has 0 unspecified atom stereocenters. The van der Waals surface area contributed by atoms with Crippen molar-refractivity contribution in [2.24, 2.45) is 5.92 Å². The summed E-state index contributed by atoms with van der Waals surface area (Å²) in [7, 11) is 0. The number of hydrogen-bond acceptors (Lipinski definition) is 5. The fourth-order valence-corrected chi connectivity index (χ4v) is 2.49. The molecule has 2 aromatic carbocycles. The van der Waals surface area contributed by atoms with Gasteiger partial charge in [-0.3, -0.25) is 4.79 Å². The van der Waals surface area contributed by atoms with E-state index in [1.807, 2.05) is 103 Å². The highest BCUT2D eigenvalue weighted by atomic mass is 16.6. The second kappa shape index (κ2) is 10.2. The first-order valence-corrected chi connectivity index (χ1v) is 10.3. The Balaban J connectivity index is 0.000000274. The van der Waals surface area contributed by atoms with Crippen LogP contribution in [-0.2, 0) is 9.53 Å². The Morgan fingerprint density at radius 3 is 1.83 bits per heavy atom. The number of carbonyl (C=O) groups is 1. The molecule has 0 atom stereocenters. The van der Waals surface area contributed by atoms with Crippen molar-refractivity contribution in [1.29, 1.82) is 0 Å². The standard InChI is InChI=1S/C17H16N2O.C8H16O2/c1-12(2)20-17-16(13-8-4-3-5-9-13)18-14-10-6-7-11-15(14)19-17;1-6(2)7(9)10-8(3,4)5/h3-12H,1-2H3;6H,1-5H3. The molecule has 5 heteroatoms. The van der Waals surface area contributed by atoms with Gasteiger partial charge < -0.3 is 9.47 Å². The van der Waals surface area contributed by atoms with E-state index in [1.54, 1.807) is 0 Å². The minimum atomic E-state index is -0.346. The predicted octanol–water partition coefficient (Wildman–Crippen LogP) is 6.07. The molecule has 0 aliphatic rings. The topological polar surface area (TPSA) is 61.3 Å². The summed E-state index contributed by atoms with van der Waals surface area (Å²) in [6, 6.07) is 17.8. The summed E-state index contributed by atoms with van der Waals surface area (Å²) >= 11 is 0. The van der Waals surface area contributed by atoms with Crippen molar-refractivity contribution in [3.63, 3.8) is 0 Å². The minimum absolute atomic E-state index is 0.0285. The molecule has 30 heavy (non-hydrogen) atoms. The SMILES string of the molecule is CC(C)C(=O)OC(C)(C)C.CC(C)Oc1nc2ccccc2nc1-c1ccccc1. The Morgan fingerprint density at radius 1 is 0.833 bits per heavy atom. The molecule has 0 spiro atoms. The third-order valence-corrected chi connectivity index (χ3v) is 3.81. The number of aromatic nitrogens is 2. The van der Waals surface area contributed by atoms with Gasteiger partial charge in [-0.2, -0.15) is 0 Å². The number of fused-ring (bicyclic) bond motifs is 1. The van der Waals surface area contributed by atoms with E-state index in [2.05, 4.69) is 4.98 Å². The third kappa shape index (κ3) is 7.14. The van der Waals surface area contributed by atoms with Crippen LogP contribution in [-0.4, -0.2) is 27.6 Å². The van der Waals surface area contributed by atoms with Gasteiger partial charge in [-0.25, -0.2) is 9.97 Å². The number of carbonyl (C=O) groups excluding carboxylic acids is 1. The van der Waals surface area contributed by atoms with Crippen molar-refractivity contribution in [2.75, 3.05) is 0 Å². The number of benzene rings is 2. The lowest BCUT2D eigenvalue weighted by Crippen LogP contribution is -2.26.